The monoisotopic (exact) mass is 868 g/mol. The molecule has 338 valence electrons. The van der Waals surface area contributed by atoms with Gasteiger partial charge in [0, 0.05) is 39.1 Å². The molecule has 10 atom stereocenters. The molecular formula is C40H56N10O12. The minimum Gasteiger partial charge on any atom is -0.394 e. The zero-order valence-corrected chi connectivity index (χ0v) is 35.4. The molecule has 0 aromatic carbocycles. The molecule has 2 saturated heterocycles. The van der Waals surface area contributed by atoms with Crippen molar-refractivity contribution in [3.8, 4) is 23.0 Å². The third kappa shape index (κ3) is 12.7. The van der Waals surface area contributed by atoms with Crippen molar-refractivity contribution >= 4 is 29.3 Å². The molecule has 3 aromatic rings. The van der Waals surface area contributed by atoms with Crippen LogP contribution in [0.2, 0.25) is 0 Å². The summed E-state index contributed by atoms with van der Waals surface area (Å²) in [6.45, 7) is 9.46. The van der Waals surface area contributed by atoms with Gasteiger partial charge in [0.2, 0.25) is 29.4 Å². The number of nitrogens with one attached hydrogen (secondary N) is 4. The van der Waals surface area contributed by atoms with Crippen molar-refractivity contribution in [3.05, 3.63) is 42.7 Å². The first-order chi connectivity index (χ1) is 29.5. The molecule has 0 aliphatic carbocycles. The predicted octanol–water partition coefficient (Wildman–Crippen LogP) is -0.971. The molecule has 0 bridgehead atoms. The van der Waals surface area contributed by atoms with E-state index < -0.39 is 91.1 Å². The van der Waals surface area contributed by atoms with Crippen LogP contribution in [0.5, 0.6) is 0 Å². The largest absolute Gasteiger partial charge is 0.394 e. The molecule has 4 unspecified atom stereocenters. The summed E-state index contributed by atoms with van der Waals surface area (Å²) in [5.41, 5.74) is 0.711. The molecule has 5 rings (SSSR count). The highest BCUT2D eigenvalue weighted by atomic mass is 16.7. The first kappa shape index (κ1) is 47.8. The topological polar surface area (TPSA) is 312 Å². The van der Waals surface area contributed by atoms with Crippen molar-refractivity contribution in [3.63, 3.8) is 0 Å². The maximum Gasteiger partial charge on any atom is 0.252 e. The Labute approximate surface area is 357 Å². The number of aliphatic hydroxyl groups excluding tert-OH is 4. The maximum atomic E-state index is 13.5. The fourth-order valence-electron chi connectivity index (χ4n) is 6.92. The van der Waals surface area contributed by atoms with Crippen LogP contribution in [-0.4, -0.2) is 161 Å². The van der Waals surface area contributed by atoms with E-state index in [1.165, 1.54) is 13.1 Å². The van der Waals surface area contributed by atoms with Crippen LogP contribution in [0.1, 0.15) is 60.8 Å². The van der Waals surface area contributed by atoms with Crippen LogP contribution >= 0.6 is 0 Å². The normalized spacial score (nSPS) is 26.4. The van der Waals surface area contributed by atoms with Crippen LogP contribution in [0, 0.1) is 5.41 Å². The molecule has 62 heavy (non-hydrogen) atoms. The van der Waals surface area contributed by atoms with Crippen LogP contribution < -0.4 is 21.3 Å². The van der Waals surface area contributed by atoms with Crippen LogP contribution in [0.3, 0.4) is 0 Å². The number of pyridine rings is 2. The Balaban J connectivity index is 1.09. The summed E-state index contributed by atoms with van der Waals surface area (Å²) < 4.78 is 23.8. The van der Waals surface area contributed by atoms with Gasteiger partial charge in [-0.1, -0.05) is 26.8 Å². The van der Waals surface area contributed by atoms with Gasteiger partial charge in [0.05, 0.1) is 36.7 Å². The van der Waals surface area contributed by atoms with E-state index in [4.69, 9.17) is 18.9 Å². The van der Waals surface area contributed by atoms with E-state index in [-0.39, 0.29) is 55.8 Å². The maximum absolute atomic E-state index is 13.5. The standard InChI is InChI=1S/C40H56N10O12/c1-20(2)59-33-30(56)31(57)39(61-32-28(45-21(3)52)35(40(4,5)6)60-25(19-51)29(32)55)62-34(33)38(58)43-17-16-42-26(53)11-9-12-27(54)46-22-13-14-24(44-18-22)37-49-47-36(48-50-37)23-10-7-8-15-41-23/h7-8,10,13-15,18,20,25,28-35,39,51,55-57H,9,11-12,16-17,19H2,1-6H3,(H,42,53)(H,43,58)(H,45,52)(H,46,54)/t25?,28?,29-,30-,31?,32-,33+,34?,35-,39-/m1/s1. The molecule has 22 nitrogen and oxygen atoms in total. The smallest absolute Gasteiger partial charge is 0.252 e. The molecule has 0 radical (unpaired) electrons. The van der Waals surface area contributed by atoms with Gasteiger partial charge in [-0.25, -0.2) is 0 Å². The molecule has 5 heterocycles. The lowest BCUT2D eigenvalue weighted by molar-refractivity contribution is -0.332. The van der Waals surface area contributed by atoms with Gasteiger partial charge in [-0.15, -0.1) is 20.4 Å². The van der Waals surface area contributed by atoms with Gasteiger partial charge in [-0.2, -0.15) is 0 Å². The van der Waals surface area contributed by atoms with Gasteiger partial charge >= 0.3 is 0 Å². The Hall–Kier alpha value is -5.20. The number of hydrogen-bond donors (Lipinski definition) is 8. The highest BCUT2D eigenvalue weighted by Gasteiger charge is 2.54. The van der Waals surface area contributed by atoms with Gasteiger partial charge in [0.1, 0.15) is 48.0 Å². The van der Waals surface area contributed by atoms with Gasteiger partial charge in [-0.3, -0.25) is 29.1 Å². The number of amides is 4. The summed E-state index contributed by atoms with van der Waals surface area (Å²) in [4.78, 5) is 59.3. The Morgan fingerprint density at radius 3 is 2.06 bits per heavy atom. The zero-order valence-electron chi connectivity index (χ0n) is 35.4. The van der Waals surface area contributed by atoms with Gasteiger partial charge in [0.25, 0.3) is 5.91 Å². The lowest BCUT2D eigenvalue weighted by atomic mass is 9.78. The minimum absolute atomic E-state index is 0.00630. The number of nitrogens with zero attached hydrogens (tertiary/aromatic N) is 6. The van der Waals surface area contributed by atoms with Crippen molar-refractivity contribution in [1.29, 1.82) is 0 Å². The number of anilines is 1. The fraction of sp³-hybridized carbons (Fsp3) is 0.600. The fourth-order valence-corrected chi connectivity index (χ4v) is 6.92. The molecule has 0 saturated carbocycles. The second-order valence-corrected chi connectivity index (χ2v) is 16.3. The third-order valence-corrected chi connectivity index (χ3v) is 9.85. The number of carbonyl (C=O) groups excluding carboxylic acids is 4. The van der Waals surface area contributed by atoms with E-state index in [0.717, 1.165) is 0 Å². The van der Waals surface area contributed by atoms with E-state index >= 15 is 0 Å². The van der Waals surface area contributed by atoms with Crippen LogP contribution in [0.4, 0.5) is 5.69 Å². The van der Waals surface area contributed by atoms with Crippen molar-refractivity contribution in [2.24, 2.45) is 5.41 Å². The first-order valence-electron chi connectivity index (χ1n) is 20.3. The van der Waals surface area contributed by atoms with E-state index in [1.807, 2.05) is 20.8 Å². The molecule has 3 aromatic heterocycles. The lowest BCUT2D eigenvalue weighted by Crippen LogP contribution is -2.70. The minimum atomic E-state index is -1.77. The number of aliphatic hydroxyl groups is 4. The second kappa shape index (κ2) is 21.7. The molecule has 4 amide bonds. The quantitative estimate of drug-likeness (QED) is 0.0757. The molecular weight excluding hydrogens is 812 g/mol. The van der Waals surface area contributed by atoms with Crippen molar-refractivity contribution in [1.82, 2.24) is 46.3 Å². The number of aromatic nitrogens is 6. The summed E-state index contributed by atoms with van der Waals surface area (Å²) in [6, 6.07) is 7.53. The molecule has 2 aliphatic rings. The summed E-state index contributed by atoms with van der Waals surface area (Å²) >= 11 is 0. The average Bonchev–Trinajstić information content (AvgIpc) is 3.23. The predicted molar refractivity (Wildman–Crippen MR) is 217 cm³/mol. The summed E-state index contributed by atoms with van der Waals surface area (Å²) in [7, 11) is 0. The number of hydrogen-bond acceptors (Lipinski definition) is 18. The first-order valence-corrected chi connectivity index (χ1v) is 20.3. The Morgan fingerprint density at radius 1 is 0.823 bits per heavy atom. The van der Waals surface area contributed by atoms with Gasteiger partial charge < -0.3 is 60.6 Å². The lowest BCUT2D eigenvalue weighted by Gasteiger charge is -2.51. The number of rotatable bonds is 17. The van der Waals surface area contributed by atoms with E-state index in [2.05, 4.69) is 51.6 Å². The number of carbonyl (C=O) groups is 4. The molecule has 8 N–H and O–H groups in total. The van der Waals surface area contributed by atoms with Crippen molar-refractivity contribution in [2.45, 2.75) is 128 Å². The SMILES string of the molecule is CC(=O)NC1[C@@H](O[C@@H]2OC(C(=O)NCCNC(=O)CCCC(=O)Nc3ccc(-c4nnc(-c5ccccn5)nn4)nc3)[C@@H](OC(C)C)[C@H](O)C2O)[C@H](O)C(CO)O[C@H]1C(C)(C)C. The summed E-state index contributed by atoms with van der Waals surface area (Å²) in [5, 5.41) is 70.5. The van der Waals surface area contributed by atoms with Crippen LogP contribution in [-0.2, 0) is 38.1 Å². The van der Waals surface area contributed by atoms with Crippen molar-refractivity contribution < 1.29 is 58.6 Å². The Kier molecular flexibility index (Phi) is 16.8. The summed E-state index contributed by atoms with van der Waals surface area (Å²) in [5.74, 6) is -1.47. The van der Waals surface area contributed by atoms with Gasteiger partial charge in [0.15, 0.2) is 12.4 Å². The molecule has 2 aliphatic heterocycles. The van der Waals surface area contributed by atoms with E-state index in [0.29, 0.717) is 17.1 Å². The Bertz CT molecular complexity index is 1940. The highest BCUT2D eigenvalue weighted by Crippen LogP contribution is 2.36. The van der Waals surface area contributed by atoms with E-state index in [1.54, 1.807) is 50.4 Å². The van der Waals surface area contributed by atoms with Crippen LogP contribution in [0.15, 0.2) is 42.7 Å². The molecule has 2 fully saturated rings. The zero-order chi connectivity index (χ0) is 45.1. The average molecular weight is 869 g/mol. The van der Waals surface area contributed by atoms with Gasteiger partial charge in [-0.05, 0) is 49.9 Å². The second-order valence-electron chi connectivity index (χ2n) is 16.3. The van der Waals surface area contributed by atoms with Crippen molar-refractivity contribution in [2.75, 3.05) is 25.0 Å². The molecule has 0 spiro atoms. The van der Waals surface area contributed by atoms with Crippen LogP contribution in [0.25, 0.3) is 23.0 Å². The number of ether oxygens (including phenoxy) is 4. The molecule has 22 heteroatoms. The summed E-state index contributed by atoms with van der Waals surface area (Å²) in [6.07, 6.45) is -9.98. The third-order valence-electron chi connectivity index (χ3n) is 9.85. The van der Waals surface area contributed by atoms with E-state index in [9.17, 15) is 39.6 Å². The highest BCUT2D eigenvalue weighted by molar-refractivity contribution is 5.91. The Morgan fingerprint density at radius 2 is 1.48 bits per heavy atom.